The zero-order valence-electron chi connectivity index (χ0n) is 13.6. The highest BCUT2D eigenvalue weighted by Crippen LogP contribution is 2.20. The average Bonchev–Trinajstić information content (AvgIpc) is 3.05. The van der Waals surface area contributed by atoms with Crippen molar-refractivity contribution < 1.29 is 14.6 Å². The van der Waals surface area contributed by atoms with Gasteiger partial charge in [0.25, 0.3) is 0 Å². The van der Waals surface area contributed by atoms with Crippen molar-refractivity contribution in [2.24, 2.45) is 0 Å². The number of aliphatic hydroxyl groups is 1. The van der Waals surface area contributed by atoms with Crippen LogP contribution >= 0.6 is 0 Å². The number of hydrogen-bond donors (Lipinski definition) is 2. The highest BCUT2D eigenvalue weighted by atomic mass is 16.5. The fourth-order valence-corrected chi connectivity index (χ4v) is 2.16. The average molecular weight is 317 g/mol. The molecule has 0 aliphatic rings. The summed E-state index contributed by atoms with van der Waals surface area (Å²) in [7, 11) is 0. The number of benzene rings is 1. The van der Waals surface area contributed by atoms with Crippen molar-refractivity contribution in [1.29, 1.82) is 0 Å². The number of amides is 1. The van der Waals surface area contributed by atoms with E-state index in [0.717, 1.165) is 0 Å². The van der Waals surface area contributed by atoms with Gasteiger partial charge in [-0.3, -0.25) is 4.79 Å². The van der Waals surface area contributed by atoms with Gasteiger partial charge in [0, 0.05) is 18.9 Å². The fourth-order valence-electron chi connectivity index (χ4n) is 2.16. The van der Waals surface area contributed by atoms with E-state index >= 15 is 0 Å². The summed E-state index contributed by atoms with van der Waals surface area (Å²) in [5.74, 6) is 0.534. The summed E-state index contributed by atoms with van der Waals surface area (Å²) < 4.78 is 7.32. The first-order chi connectivity index (χ1) is 11.0. The molecule has 2 rings (SSSR count). The Balaban J connectivity index is 1.91. The topological polar surface area (TPSA) is 76.4 Å². The van der Waals surface area contributed by atoms with Gasteiger partial charge in [0.2, 0.25) is 5.91 Å². The van der Waals surface area contributed by atoms with Crippen LogP contribution in [0.3, 0.4) is 0 Å². The number of imidazole rings is 1. The molecule has 0 fully saturated rings. The minimum atomic E-state index is -0.787. The van der Waals surface area contributed by atoms with Crippen molar-refractivity contribution in [3.05, 3.63) is 48.5 Å². The van der Waals surface area contributed by atoms with Gasteiger partial charge in [-0.2, -0.15) is 0 Å². The van der Waals surface area contributed by atoms with E-state index in [9.17, 15) is 9.90 Å². The number of nitrogens with zero attached hydrogens (tertiary/aromatic N) is 2. The van der Waals surface area contributed by atoms with Crippen LogP contribution < -0.4 is 10.1 Å². The molecule has 1 amide bonds. The Morgan fingerprint density at radius 3 is 2.83 bits per heavy atom. The second-order valence-corrected chi connectivity index (χ2v) is 5.69. The van der Waals surface area contributed by atoms with Crippen LogP contribution in [0.1, 0.15) is 38.5 Å². The maximum atomic E-state index is 12.1. The van der Waals surface area contributed by atoms with Crippen molar-refractivity contribution in [3.8, 4) is 5.75 Å². The van der Waals surface area contributed by atoms with E-state index in [1.54, 1.807) is 36.3 Å². The lowest BCUT2D eigenvalue weighted by molar-refractivity contribution is -0.124. The maximum Gasteiger partial charge on any atom is 0.242 e. The number of aliphatic hydroxyl groups excluding tert-OH is 1. The van der Waals surface area contributed by atoms with Gasteiger partial charge in [-0.05, 0) is 38.5 Å². The molecule has 0 aliphatic carbocycles. The predicted molar refractivity (Wildman–Crippen MR) is 87.1 cm³/mol. The first-order valence-electron chi connectivity index (χ1n) is 7.67. The smallest absolute Gasteiger partial charge is 0.242 e. The molecule has 0 unspecified atom stereocenters. The quantitative estimate of drug-likeness (QED) is 0.820. The second-order valence-electron chi connectivity index (χ2n) is 5.69. The number of ether oxygens (including phenoxy) is 1. The molecule has 0 bridgehead atoms. The number of rotatable bonds is 7. The zero-order valence-corrected chi connectivity index (χ0v) is 13.6. The van der Waals surface area contributed by atoms with Gasteiger partial charge in [-0.1, -0.05) is 12.1 Å². The highest BCUT2D eigenvalue weighted by molar-refractivity contribution is 5.79. The molecule has 6 heteroatoms. The first-order valence-corrected chi connectivity index (χ1v) is 7.67. The largest absolute Gasteiger partial charge is 0.491 e. The van der Waals surface area contributed by atoms with Gasteiger partial charge < -0.3 is 19.7 Å². The minimum Gasteiger partial charge on any atom is -0.491 e. The van der Waals surface area contributed by atoms with Gasteiger partial charge in [-0.25, -0.2) is 4.98 Å². The molecule has 0 saturated carbocycles. The predicted octanol–water partition coefficient (Wildman–Crippen LogP) is 2.08. The lowest BCUT2D eigenvalue weighted by Gasteiger charge is -2.17. The van der Waals surface area contributed by atoms with Crippen LogP contribution in [0.2, 0.25) is 0 Å². The molecule has 1 aromatic carbocycles. The molecule has 0 spiro atoms. The third kappa shape index (κ3) is 4.82. The molecule has 2 N–H and O–H groups in total. The molecule has 6 nitrogen and oxygen atoms in total. The summed E-state index contributed by atoms with van der Waals surface area (Å²) >= 11 is 0. The van der Waals surface area contributed by atoms with Crippen LogP contribution in [0.15, 0.2) is 43.0 Å². The van der Waals surface area contributed by atoms with Crippen molar-refractivity contribution >= 4 is 5.91 Å². The van der Waals surface area contributed by atoms with Crippen molar-refractivity contribution in [3.63, 3.8) is 0 Å². The number of nitrogens with one attached hydrogen (secondary N) is 1. The monoisotopic (exact) mass is 317 g/mol. The summed E-state index contributed by atoms with van der Waals surface area (Å²) in [6.07, 6.45) is 4.22. The molecule has 0 aliphatic heterocycles. The second kappa shape index (κ2) is 7.78. The van der Waals surface area contributed by atoms with Crippen molar-refractivity contribution in [1.82, 2.24) is 14.9 Å². The van der Waals surface area contributed by atoms with Crippen LogP contribution in [0.25, 0.3) is 0 Å². The summed E-state index contributed by atoms with van der Waals surface area (Å²) in [5.41, 5.74) is 0.707. The summed E-state index contributed by atoms with van der Waals surface area (Å²) in [6, 6.07) is 6.89. The summed E-state index contributed by atoms with van der Waals surface area (Å²) in [4.78, 5) is 16.0. The molecule has 2 aromatic rings. The molecule has 124 valence electrons. The molecule has 0 saturated heterocycles. The van der Waals surface area contributed by atoms with Gasteiger partial charge in [0.15, 0.2) is 0 Å². The van der Waals surface area contributed by atoms with Crippen LogP contribution in [0.4, 0.5) is 0 Å². The number of hydrogen-bond acceptors (Lipinski definition) is 4. The third-order valence-electron chi connectivity index (χ3n) is 3.44. The molecule has 1 heterocycles. The Hall–Kier alpha value is -2.34. The molecule has 0 radical (unpaired) electrons. The Labute approximate surface area is 136 Å². The van der Waals surface area contributed by atoms with E-state index in [0.29, 0.717) is 11.3 Å². The van der Waals surface area contributed by atoms with Crippen LogP contribution in [-0.4, -0.2) is 33.2 Å². The number of carbonyl (C=O) groups excluding carboxylic acids is 1. The maximum absolute atomic E-state index is 12.1. The van der Waals surface area contributed by atoms with Gasteiger partial charge in [-0.15, -0.1) is 0 Å². The minimum absolute atomic E-state index is 0.0677. The number of aromatic nitrogens is 2. The lowest BCUT2D eigenvalue weighted by atomic mass is 10.1. The van der Waals surface area contributed by atoms with Gasteiger partial charge in [0.1, 0.15) is 11.8 Å². The molecule has 1 aromatic heterocycles. The van der Waals surface area contributed by atoms with E-state index in [2.05, 4.69) is 10.3 Å². The molecular weight excluding hydrogens is 294 g/mol. The Morgan fingerprint density at radius 2 is 2.17 bits per heavy atom. The van der Waals surface area contributed by atoms with Crippen molar-refractivity contribution in [2.75, 3.05) is 6.54 Å². The van der Waals surface area contributed by atoms with Crippen molar-refractivity contribution in [2.45, 2.75) is 39.0 Å². The normalized spacial score (nSPS) is 13.6. The van der Waals surface area contributed by atoms with Crippen LogP contribution in [0, 0.1) is 0 Å². The Kier molecular flexibility index (Phi) is 5.76. The van der Waals surface area contributed by atoms with Crippen LogP contribution in [0.5, 0.6) is 5.75 Å². The van der Waals surface area contributed by atoms with E-state index < -0.39 is 6.10 Å². The number of carbonyl (C=O) groups is 1. The van der Waals surface area contributed by atoms with E-state index in [1.165, 1.54) is 0 Å². The van der Waals surface area contributed by atoms with Gasteiger partial charge in [0.05, 0.1) is 18.5 Å². The van der Waals surface area contributed by atoms with E-state index in [4.69, 9.17) is 4.74 Å². The molecular formula is C17H23N3O3. The van der Waals surface area contributed by atoms with Gasteiger partial charge >= 0.3 is 0 Å². The first kappa shape index (κ1) is 17.0. The van der Waals surface area contributed by atoms with E-state index in [1.807, 2.05) is 32.0 Å². The van der Waals surface area contributed by atoms with E-state index in [-0.39, 0.29) is 24.6 Å². The standard InChI is InChI=1S/C17H23N3O3/c1-12(2)23-15-6-4-5-14(9-15)16(21)10-19-17(22)13(3)20-8-7-18-11-20/h4-9,11-13,16,21H,10H2,1-3H3,(H,19,22)/t13-,16+/m0/s1. The summed E-state index contributed by atoms with van der Waals surface area (Å²) in [6.45, 7) is 5.81. The van der Waals surface area contributed by atoms with Crippen LogP contribution in [-0.2, 0) is 4.79 Å². The lowest BCUT2D eigenvalue weighted by Crippen LogP contribution is -2.33. The molecule has 23 heavy (non-hydrogen) atoms. The third-order valence-corrected chi connectivity index (χ3v) is 3.44. The Bertz CT molecular complexity index is 626. The highest BCUT2D eigenvalue weighted by Gasteiger charge is 2.16. The Morgan fingerprint density at radius 1 is 1.39 bits per heavy atom. The summed E-state index contributed by atoms with van der Waals surface area (Å²) in [5, 5.41) is 13.0. The SMILES string of the molecule is CC(C)Oc1cccc([C@H](O)CNC(=O)[C@H](C)n2ccnc2)c1. The zero-order chi connectivity index (χ0) is 16.8. The molecule has 2 atom stereocenters. The fraction of sp³-hybridized carbons (Fsp3) is 0.412.